The van der Waals surface area contributed by atoms with Crippen LogP contribution in [0.4, 0.5) is 0 Å². The average Bonchev–Trinajstić information content (AvgIpc) is 3.10. The highest BCUT2D eigenvalue weighted by Gasteiger charge is 2.12. The second kappa shape index (κ2) is 5.89. The lowest BCUT2D eigenvalue weighted by Crippen LogP contribution is -2.19. The number of aryl methyl sites for hydroxylation is 2. The molecule has 0 amide bonds. The average molecular weight is 271 g/mol. The summed E-state index contributed by atoms with van der Waals surface area (Å²) in [5, 5.41) is 5.85. The molecule has 1 heterocycles. The third kappa shape index (κ3) is 2.90. The highest BCUT2D eigenvalue weighted by atomic mass is 32.1. The van der Waals surface area contributed by atoms with Crippen molar-refractivity contribution in [3.63, 3.8) is 0 Å². The number of thiophene rings is 1. The Morgan fingerprint density at radius 3 is 2.89 bits per heavy atom. The van der Waals surface area contributed by atoms with Gasteiger partial charge in [-0.05, 0) is 53.8 Å². The molecule has 3 rings (SSSR count). The molecule has 1 unspecified atom stereocenters. The first-order valence-electron chi connectivity index (χ1n) is 7.24. The zero-order valence-corrected chi connectivity index (χ0v) is 12.3. The van der Waals surface area contributed by atoms with Gasteiger partial charge in [-0.15, -0.1) is 11.3 Å². The second-order valence-corrected chi connectivity index (χ2v) is 6.29. The summed E-state index contributed by atoms with van der Waals surface area (Å²) >= 11 is 1.85. The minimum atomic E-state index is 0.494. The first kappa shape index (κ1) is 12.9. The number of hydrogen-bond donors (Lipinski definition) is 1. The summed E-state index contributed by atoms with van der Waals surface area (Å²) in [6.07, 6.45) is 5.02. The lowest BCUT2D eigenvalue weighted by atomic mass is 10.1. The highest BCUT2D eigenvalue weighted by molar-refractivity contribution is 7.10. The van der Waals surface area contributed by atoms with Gasteiger partial charge >= 0.3 is 0 Å². The van der Waals surface area contributed by atoms with Gasteiger partial charge in [0, 0.05) is 17.5 Å². The number of hydrogen-bond acceptors (Lipinski definition) is 2. The third-order valence-corrected chi connectivity index (χ3v) is 5.00. The molecular weight excluding hydrogens is 250 g/mol. The van der Waals surface area contributed by atoms with Crippen LogP contribution in [0.1, 0.15) is 47.4 Å². The van der Waals surface area contributed by atoms with Gasteiger partial charge in [-0.1, -0.05) is 31.2 Å². The summed E-state index contributed by atoms with van der Waals surface area (Å²) in [5.74, 6) is 0. The van der Waals surface area contributed by atoms with Crippen molar-refractivity contribution in [2.24, 2.45) is 0 Å². The van der Waals surface area contributed by atoms with Crippen LogP contribution in [-0.4, -0.2) is 0 Å². The Balaban J connectivity index is 1.65. The maximum absolute atomic E-state index is 3.69. The van der Waals surface area contributed by atoms with E-state index in [4.69, 9.17) is 0 Å². The molecule has 1 atom stereocenters. The molecule has 1 aromatic carbocycles. The maximum Gasteiger partial charge on any atom is 0.0414 e. The van der Waals surface area contributed by atoms with Gasteiger partial charge < -0.3 is 5.32 Å². The fraction of sp³-hybridized carbons (Fsp3) is 0.412. The molecule has 0 radical (unpaired) electrons. The maximum atomic E-state index is 3.69. The van der Waals surface area contributed by atoms with E-state index in [0.29, 0.717) is 6.04 Å². The largest absolute Gasteiger partial charge is 0.305 e. The van der Waals surface area contributed by atoms with Crippen molar-refractivity contribution < 1.29 is 0 Å². The van der Waals surface area contributed by atoms with E-state index in [-0.39, 0.29) is 0 Å². The van der Waals surface area contributed by atoms with Gasteiger partial charge in [-0.2, -0.15) is 0 Å². The van der Waals surface area contributed by atoms with Crippen molar-refractivity contribution in [1.82, 2.24) is 5.32 Å². The summed E-state index contributed by atoms with van der Waals surface area (Å²) in [6.45, 7) is 3.23. The van der Waals surface area contributed by atoms with Gasteiger partial charge in [-0.25, -0.2) is 0 Å². The van der Waals surface area contributed by atoms with E-state index in [1.165, 1.54) is 29.7 Å². The monoisotopic (exact) mass is 271 g/mol. The first-order chi connectivity index (χ1) is 9.36. The molecule has 0 saturated heterocycles. The fourth-order valence-corrected chi connectivity index (χ4v) is 3.80. The molecule has 100 valence electrons. The SMILES string of the molecule is CCC(NCc1ccc2c(c1)CCC2)c1cccs1. The molecule has 0 fully saturated rings. The van der Waals surface area contributed by atoms with E-state index in [9.17, 15) is 0 Å². The molecule has 1 aliphatic rings. The molecule has 1 N–H and O–H groups in total. The predicted molar refractivity (Wildman–Crippen MR) is 82.7 cm³/mol. The van der Waals surface area contributed by atoms with Crippen molar-refractivity contribution in [2.75, 3.05) is 0 Å². The van der Waals surface area contributed by atoms with Crippen LogP contribution in [0.25, 0.3) is 0 Å². The molecule has 1 aliphatic carbocycles. The summed E-state index contributed by atoms with van der Waals surface area (Å²) < 4.78 is 0. The Labute approximate surface area is 119 Å². The summed E-state index contributed by atoms with van der Waals surface area (Å²) in [4.78, 5) is 1.45. The molecular formula is C17H21NS. The molecule has 2 aromatic rings. The van der Waals surface area contributed by atoms with Crippen LogP contribution < -0.4 is 5.32 Å². The van der Waals surface area contributed by atoms with Crippen molar-refractivity contribution in [1.29, 1.82) is 0 Å². The van der Waals surface area contributed by atoms with Gasteiger partial charge in [-0.3, -0.25) is 0 Å². The summed E-state index contributed by atoms with van der Waals surface area (Å²) in [5.41, 5.74) is 4.56. The van der Waals surface area contributed by atoms with Crippen LogP contribution in [0.3, 0.4) is 0 Å². The summed E-state index contributed by atoms with van der Waals surface area (Å²) in [6, 6.07) is 11.9. The Morgan fingerprint density at radius 1 is 1.21 bits per heavy atom. The van der Waals surface area contributed by atoms with Crippen molar-refractivity contribution >= 4 is 11.3 Å². The molecule has 0 saturated carbocycles. The molecule has 0 bridgehead atoms. The lowest BCUT2D eigenvalue weighted by molar-refractivity contribution is 0.526. The van der Waals surface area contributed by atoms with Gasteiger partial charge in [0.1, 0.15) is 0 Å². The van der Waals surface area contributed by atoms with Gasteiger partial charge in [0.15, 0.2) is 0 Å². The zero-order valence-electron chi connectivity index (χ0n) is 11.5. The first-order valence-corrected chi connectivity index (χ1v) is 8.12. The van der Waals surface area contributed by atoms with Gasteiger partial charge in [0.2, 0.25) is 0 Å². The number of fused-ring (bicyclic) bond motifs is 1. The van der Waals surface area contributed by atoms with Gasteiger partial charge in [0.05, 0.1) is 0 Å². The smallest absolute Gasteiger partial charge is 0.0414 e. The van der Waals surface area contributed by atoms with Gasteiger partial charge in [0.25, 0.3) is 0 Å². The quantitative estimate of drug-likeness (QED) is 0.845. The minimum Gasteiger partial charge on any atom is -0.305 e. The lowest BCUT2D eigenvalue weighted by Gasteiger charge is -2.16. The van der Waals surface area contributed by atoms with E-state index in [1.807, 2.05) is 11.3 Å². The molecule has 0 spiro atoms. The van der Waals surface area contributed by atoms with Crippen LogP contribution in [-0.2, 0) is 19.4 Å². The van der Waals surface area contributed by atoms with E-state index >= 15 is 0 Å². The molecule has 1 aromatic heterocycles. The third-order valence-electron chi connectivity index (χ3n) is 4.01. The molecule has 19 heavy (non-hydrogen) atoms. The molecule has 1 nitrogen and oxygen atoms in total. The number of nitrogens with one attached hydrogen (secondary N) is 1. The highest BCUT2D eigenvalue weighted by Crippen LogP contribution is 2.24. The van der Waals surface area contributed by atoms with Crippen LogP contribution in [0.5, 0.6) is 0 Å². The number of benzene rings is 1. The number of rotatable bonds is 5. The van der Waals surface area contributed by atoms with Crippen molar-refractivity contribution in [3.05, 3.63) is 57.3 Å². The molecule has 2 heteroatoms. The Hall–Kier alpha value is -1.12. The Bertz CT molecular complexity index is 530. The van der Waals surface area contributed by atoms with E-state index in [0.717, 1.165) is 13.0 Å². The topological polar surface area (TPSA) is 12.0 Å². The molecule has 0 aliphatic heterocycles. The Kier molecular flexibility index (Phi) is 4.00. The summed E-state index contributed by atoms with van der Waals surface area (Å²) in [7, 11) is 0. The predicted octanol–water partition coefficient (Wildman–Crippen LogP) is 4.48. The second-order valence-electron chi connectivity index (χ2n) is 5.31. The fourth-order valence-electron chi connectivity index (χ4n) is 2.91. The van der Waals surface area contributed by atoms with E-state index < -0.39 is 0 Å². The standard InChI is InChI=1S/C17H21NS/c1-2-16(17-7-4-10-19-17)18-12-13-8-9-14-5-3-6-15(14)11-13/h4,7-11,16,18H,2-3,5-6,12H2,1H3. The normalized spacial score (nSPS) is 15.4. The van der Waals surface area contributed by atoms with Crippen LogP contribution in [0.2, 0.25) is 0 Å². The van der Waals surface area contributed by atoms with Crippen LogP contribution >= 0.6 is 11.3 Å². The van der Waals surface area contributed by atoms with E-state index in [1.54, 1.807) is 11.1 Å². The van der Waals surface area contributed by atoms with E-state index in [2.05, 4.69) is 48.0 Å². The van der Waals surface area contributed by atoms with Crippen molar-refractivity contribution in [3.8, 4) is 0 Å². The van der Waals surface area contributed by atoms with Crippen LogP contribution in [0.15, 0.2) is 35.7 Å². The van der Waals surface area contributed by atoms with Crippen molar-refractivity contribution in [2.45, 2.75) is 45.2 Å². The Morgan fingerprint density at radius 2 is 2.11 bits per heavy atom. The zero-order chi connectivity index (χ0) is 13.1. The van der Waals surface area contributed by atoms with Crippen LogP contribution in [0, 0.1) is 0 Å². The minimum absolute atomic E-state index is 0.494.